The largest absolute Gasteiger partial charge is 0.293 e. The highest BCUT2D eigenvalue weighted by molar-refractivity contribution is 6.33. The molecule has 96 valence electrons. The van der Waals surface area contributed by atoms with E-state index in [0.717, 1.165) is 11.1 Å². The average molecular weight is 274 g/mol. The molecule has 2 aromatic carbocycles. The number of carbonyl (C=O) groups excluding carboxylic acids is 2. The highest BCUT2D eigenvalue weighted by Crippen LogP contribution is 2.27. The van der Waals surface area contributed by atoms with Gasteiger partial charge in [0.25, 0.3) is 5.91 Å². The van der Waals surface area contributed by atoms with Crippen molar-refractivity contribution in [3.63, 3.8) is 0 Å². The van der Waals surface area contributed by atoms with Crippen LogP contribution in [0, 0.1) is 0 Å². The van der Waals surface area contributed by atoms with Gasteiger partial charge in [-0.15, -0.1) is 0 Å². The molecule has 0 radical (unpaired) electrons. The predicted molar refractivity (Wildman–Crippen MR) is 75.0 cm³/mol. The molecule has 0 heterocycles. The van der Waals surface area contributed by atoms with Crippen LogP contribution in [0.2, 0.25) is 5.02 Å². The van der Waals surface area contributed by atoms with Crippen molar-refractivity contribution in [3.8, 4) is 11.1 Å². The van der Waals surface area contributed by atoms with Crippen LogP contribution in [0.5, 0.6) is 0 Å². The van der Waals surface area contributed by atoms with E-state index in [0.29, 0.717) is 10.6 Å². The first kappa shape index (κ1) is 13.3. The van der Waals surface area contributed by atoms with E-state index in [-0.39, 0.29) is 5.91 Å². The molecule has 0 saturated heterocycles. The molecule has 0 bridgehead atoms. The minimum Gasteiger partial charge on any atom is -0.293 e. The van der Waals surface area contributed by atoms with Gasteiger partial charge in [-0.1, -0.05) is 41.9 Å². The fraction of sp³-hybridized carbons (Fsp3) is 0.0667. The lowest BCUT2D eigenvalue weighted by Crippen LogP contribution is -2.27. The molecule has 2 rings (SSSR count). The second-order valence-corrected chi connectivity index (χ2v) is 4.47. The van der Waals surface area contributed by atoms with Crippen molar-refractivity contribution in [1.29, 1.82) is 0 Å². The van der Waals surface area contributed by atoms with Gasteiger partial charge in [-0.2, -0.15) is 0 Å². The van der Waals surface area contributed by atoms with Crippen LogP contribution >= 0.6 is 11.6 Å². The molecule has 3 nitrogen and oxygen atoms in total. The predicted octanol–water partition coefficient (Wildman–Crippen LogP) is 3.28. The molecular formula is C15H12ClNO2. The van der Waals surface area contributed by atoms with Crippen LogP contribution in [-0.2, 0) is 4.79 Å². The zero-order chi connectivity index (χ0) is 13.8. The van der Waals surface area contributed by atoms with Crippen molar-refractivity contribution in [1.82, 2.24) is 5.32 Å². The zero-order valence-corrected chi connectivity index (χ0v) is 11.1. The summed E-state index contributed by atoms with van der Waals surface area (Å²) in [6.45, 7) is 1.30. The summed E-state index contributed by atoms with van der Waals surface area (Å²) in [4.78, 5) is 22.4. The summed E-state index contributed by atoms with van der Waals surface area (Å²) in [5.41, 5.74) is 2.26. The number of imide groups is 1. The number of nitrogens with one attached hydrogen (secondary N) is 1. The monoisotopic (exact) mass is 273 g/mol. The van der Waals surface area contributed by atoms with E-state index in [1.165, 1.54) is 6.92 Å². The summed E-state index contributed by atoms with van der Waals surface area (Å²) >= 11 is 6.11. The van der Waals surface area contributed by atoms with Crippen LogP contribution in [0.1, 0.15) is 17.3 Å². The Hall–Kier alpha value is -2.13. The molecule has 0 atom stereocenters. The van der Waals surface area contributed by atoms with Gasteiger partial charge in [-0.05, 0) is 23.8 Å². The van der Waals surface area contributed by atoms with Gasteiger partial charge in [-0.25, -0.2) is 0 Å². The Balaban J connectivity index is 2.26. The van der Waals surface area contributed by atoms with Crippen molar-refractivity contribution in [2.75, 3.05) is 0 Å². The molecular weight excluding hydrogens is 262 g/mol. The van der Waals surface area contributed by atoms with E-state index in [9.17, 15) is 9.59 Å². The van der Waals surface area contributed by atoms with Crippen LogP contribution in [-0.4, -0.2) is 11.8 Å². The highest BCUT2D eigenvalue weighted by Gasteiger charge is 2.08. The summed E-state index contributed by atoms with van der Waals surface area (Å²) in [7, 11) is 0. The lowest BCUT2D eigenvalue weighted by Gasteiger charge is -2.06. The van der Waals surface area contributed by atoms with Crippen LogP contribution in [0.15, 0.2) is 48.5 Å². The van der Waals surface area contributed by atoms with E-state index in [2.05, 4.69) is 5.32 Å². The molecule has 0 aliphatic carbocycles. The summed E-state index contributed by atoms with van der Waals surface area (Å²) in [6, 6.07) is 14.4. The van der Waals surface area contributed by atoms with Gasteiger partial charge < -0.3 is 0 Å². The van der Waals surface area contributed by atoms with Crippen LogP contribution < -0.4 is 5.32 Å². The molecule has 0 fully saturated rings. The maximum Gasteiger partial charge on any atom is 0.257 e. The third-order valence-electron chi connectivity index (χ3n) is 2.62. The van der Waals surface area contributed by atoms with E-state index in [1.807, 2.05) is 24.3 Å². The number of halogens is 1. The second kappa shape index (κ2) is 5.67. The Labute approximate surface area is 116 Å². The molecule has 19 heavy (non-hydrogen) atoms. The van der Waals surface area contributed by atoms with Gasteiger partial charge in [0.05, 0.1) is 0 Å². The van der Waals surface area contributed by atoms with E-state index in [1.54, 1.807) is 24.3 Å². The SMILES string of the molecule is CC(=O)NC(=O)c1ccc(-c2ccccc2Cl)cc1. The second-order valence-electron chi connectivity index (χ2n) is 4.07. The third-order valence-corrected chi connectivity index (χ3v) is 2.95. The first-order valence-corrected chi connectivity index (χ1v) is 6.12. The number of carbonyl (C=O) groups is 2. The molecule has 2 amide bonds. The molecule has 0 unspecified atom stereocenters. The topological polar surface area (TPSA) is 46.2 Å². The highest BCUT2D eigenvalue weighted by atomic mass is 35.5. The number of hydrogen-bond donors (Lipinski definition) is 1. The molecule has 1 N–H and O–H groups in total. The minimum absolute atomic E-state index is 0.375. The minimum atomic E-state index is -0.404. The molecule has 2 aromatic rings. The van der Waals surface area contributed by atoms with E-state index in [4.69, 9.17) is 11.6 Å². The van der Waals surface area contributed by atoms with E-state index < -0.39 is 5.91 Å². The van der Waals surface area contributed by atoms with Crippen molar-refractivity contribution >= 4 is 23.4 Å². The Morgan fingerprint density at radius 3 is 2.21 bits per heavy atom. The van der Waals surface area contributed by atoms with Gasteiger partial charge in [0.1, 0.15) is 0 Å². The van der Waals surface area contributed by atoms with Crippen molar-refractivity contribution in [3.05, 3.63) is 59.1 Å². The van der Waals surface area contributed by atoms with Gasteiger partial charge in [0.15, 0.2) is 0 Å². The number of rotatable bonds is 2. The lowest BCUT2D eigenvalue weighted by molar-refractivity contribution is -0.118. The Bertz CT molecular complexity index is 620. The summed E-state index contributed by atoms with van der Waals surface area (Å²) in [5.74, 6) is -0.779. The molecule has 0 spiro atoms. The number of benzene rings is 2. The summed E-state index contributed by atoms with van der Waals surface area (Å²) in [5, 5.41) is 2.88. The van der Waals surface area contributed by atoms with Gasteiger partial charge in [0.2, 0.25) is 5.91 Å². The molecule has 0 aliphatic heterocycles. The molecule has 0 saturated carbocycles. The number of amides is 2. The van der Waals surface area contributed by atoms with Gasteiger partial charge >= 0.3 is 0 Å². The van der Waals surface area contributed by atoms with Crippen LogP contribution in [0.3, 0.4) is 0 Å². The summed E-state index contributed by atoms with van der Waals surface area (Å²) in [6.07, 6.45) is 0. The molecule has 0 aromatic heterocycles. The van der Waals surface area contributed by atoms with Crippen molar-refractivity contribution in [2.45, 2.75) is 6.92 Å². The first-order chi connectivity index (χ1) is 9.08. The maximum absolute atomic E-state index is 11.6. The molecule has 0 aliphatic rings. The Morgan fingerprint density at radius 1 is 1.00 bits per heavy atom. The quantitative estimate of drug-likeness (QED) is 0.913. The number of hydrogen-bond acceptors (Lipinski definition) is 2. The maximum atomic E-state index is 11.6. The molecule has 4 heteroatoms. The summed E-state index contributed by atoms with van der Waals surface area (Å²) < 4.78 is 0. The smallest absolute Gasteiger partial charge is 0.257 e. The average Bonchev–Trinajstić information content (AvgIpc) is 2.39. The Morgan fingerprint density at radius 2 is 1.63 bits per heavy atom. The van der Waals surface area contributed by atoms with Crippen LogP contribution in [0.4, 0.5) is 0 Å². The zero-order valence-electron chi connectivity index (χ0n) is 10.3. The van der Waals surface area contributed by atoms with Gasteiger partial charge in [0, 0.05) is 23.1 Å². The third kappa shape index (κ3) is 3.20. The first-order valence-electron chi connectivity index (χ1n) is 5.75. The lowest BCUT2D eigenvalue weighted by atomic mass is 10.0. The van der Waals surface area contributed by atoms with Crippen LogP contribution in [0.25, 0.3) is 11.1 Å². The fourth-order valence-electron chi connectivity index (χ4n) is 1.73. The standard InChI is InChI=1S/C15H12ClNO2/c1-10(18)17-15(19)12-8-6-11(7-9-12)13-4-2-3-5-14(13)16/h2-9H,1H3,(H,17,18,19). The van der Waals surface area contributed by atoms with E-state index >= 15 is 0 Å². The Kier molecular flexibility index (Phi) is 3.97. The van der Waals surface area contributed by atoms with Crippen molar-refractivity contribution < 1.29 is 9.59 Å². The fourth-order valence-corrected chi connectivity index (χ4v) is 1.97. The van der Waals surface area contributed by atoms with Crippen molar-refractivity contribution in [2.24, 2.45) is 0 Å². The van der Waals surface area contributed by atoms with Gasteiger partial charge in [-0.3, -0.25) is 14.9 Å². The normalized spacial score (nSPS) is 10.0.